The molecule has 0 N–H and O–H groups in total. The molecule has 9 heavy (non-hydrogen) atoms. The number of hydrogen-bond donors (Lipinski definition) is 0. The molecule has 0 aromatic heterocycles. The van der Waals surface area contributed by atoms with Crippen LogP contribution in [0.5, 0.6) is 0 Å². The van der Waals surface area contributed by atoms with E-state index in [9.17, 15) is 0 Å². The van der Waals surface area contributed by atoms with E-state index in [1.54, 1.807) is 0 Å². The van der Waals surface area contributed by atoms with E-state index in [1.165, 1.54) is 0 Å². The molecule has 0 aromatic carbocycles. The summed E-state index contributed by atoms with van der Waals surface area (Å²) in [6.07, 6.45) is 0. The first kappa shape index (κ1) is 66.8. The third-order valence-corrected chi connectivity index (χ3v) is 0. The monoisotopic (exact) mass is 228 g/mol. The predicted octanol–water partition coefficient (Wildman–Crippen LogP) is -4.77. The first-order chi connectivity index (χ1) is 0. The summed E-state index contributed by atoms with van der Waals surface area (Å²) in [6, 6.07) is 0. The van der Waals surface area contributed by atoms with Gasteiger partial charge in [0.05, 0.1) is 0 Å². The third-order valence-electron chi connectivity index (χ3n) is 0. The zero-order valence-electron chi connectivity index (χ0n) is 0.408. The maximum absolute atomic E-state index is 0. The van der Waals surface area contributed by atoms with Gasteiger partial charge in [0, 0.05) is 0 Å². The summed E-state index contributed by atoms with van der Waals surface area (Å²) < 4.78 is 0. The number of hydrogen-bond acceptors (Lipinski definition) is 0. The van der Waals surface area contributed by atoms with E-state index in [1.807, 2.05) is 0 Å². The Morgan fingerprint density at radius 2 is 0.222 bits per heavy atom. The van der Waals surface area contributed by atoms with E-state index >= 15 is 0 Å². The van der Waals surface area contributed by atoms with E-state index in [0.29, 0.717) is 0 Å². The van der Waals surface area contributed by atoms with Gasteiger partial charge in [-0.05, 0) is 0 Å². The molecule has 0 saturated heterocycles. The average Bonchev–Trinajstić information content (AvgIpc) is 0. The van der Waals surface area contributed by atoms with Crippen LogP contribution in [0.2, 0.25) is 0 Å². The second-order valence-electron chi connectivity index (χ2n) is 0. The van der Waals surface area contributed by atoms with Gasteiger partial charge in [-0.15, -0.1) is 12.4 Å². The molecular weight excluding hydrogens is 219 g/mol. The Bertz CT molecular complexity index is 4.53. The van der Waals surface area contributed by atoms with Crippen LogP contribution in [0.3, 0.4) is 0 Å². The average molecular weight is 228 g/mol. The van der Waals surface area contributed by atoms with Gasteiger partial charge in [0.1, 0.15) is 0 Å². The molecular formula is H9ClNa8. The summed E-state index contributed by atoms with van der Waals surface area (Å²) in [5.74, 6) is 0. The minimum absolute atomic E-state index is 0. The molecule has 0 saturated carbocycles. The molecule has 0 radical (unpaired) electrons. The topological polar surface area (TPSA) is 0 Å². The van der Waals surface area contributed by atoms with Crippen LogP contribution in [0.4, 0.5) is 0 Å². The van der Waals surface area contributed by atoms with Gasteiger partial charge in [-0.1, -0.05) is 0 Å². The standard InChI is InChI=1S/ClH.8Na.8H/h1H;;;;;;;;;;;;;;;;. The molecule has 0 amide bonds. The Morgan fingerprint density at radius 1 is 0.222 bits per heavy atom. The van der Waals surface area contributed by atoms with Gasteiger partial charge in [-0.2, -0.15) is 0 Å². The van der Waals surface area contributed by atoms with Gasteiger partial charge in [-0.25, -0.2) is 0 Å². The molecule has 9 heteroatoms. The second-order valence-corrected chi connectivity index (χ2v) is 0. The van der Waals surface area contributed by atoms with E-state index in [4.69, 9.17) is 0 Å². The molecule has 0 unspecified atom stereocenters. The van der Waals surface area contributed by atoms with Crippen molar-refractivity contribution in [2.24, 2.45) is 0 Å². The van der Waals surface area contributed by atoms with Crippen LogP contribution in [-0.2, 0) is 0 Å². The van der Waals surface area contributed by atoms with E-state index in [0.717, 1.165) is 0 Å². The molecule has 0 bridgehead atoms. The Hall–Kier alpha value is 8.29. The van der Waals surface area contributed by atoms with E-state index in [-0.39, 0.29) is 249 Å². The molecule has 24 valence electrons. The fourth-order valence-electron chi connectivity index (χ4n) is 0. The Balaban J connectivity index is 0. The van der Waals surface area contributed by atoms with Crippen LogP contribution in [0.1, 0.15) is 0 Å². The van der Waals surface area contributed by atoms with Crippen molar-refractivity contribution in [3.8, 4) is 0 Å². The normalized spacial score (nSPS) is 0. The summed E-state index contributed by atoms with van der Waals surface area (Å²) in [6.45, 7) is 0. The van der Waals surface area contributed by atoms with Crippen molar-refractivity contribution in [2.45, 2.75) is 0 Å². The molecule has 0 spiro atoms. The molecule has 0 atom stereocenters. The van der Waals surface area contributed by atoms with Crippen LogP contribution < -0.4 is 0 Å². The van der Waals surface area contributed by atoms with Crippen LogP contribution in [0, 0.1) is 0 Å². The summed E-state index contributed by atoms with van der Waals surface area (Å²) in [5, 5.41) is 0. The fourth-order valence-corrected chi connectivity index (χ4v) is 0. The van der Waals surface area contributed by atoms with Crippen LogP contribution in [0.15, 0.2) is 0 Å². The van der Waals surface area contributed by atoms with Crippen molar-refractivity contribution in [3.05, 3.63) is 0 Å². The van der Waals surface area contributed by atoms with Gasteiger partial charge in [0.15, 0.2) is 0 Å². The fraction of sp³-hybridized carbons (Fsp3) is 0. The van der Waals surface area contributed by atoms with Gasteiger partial charge in [0.2, 0.25) is 0 Å². The molecule has 0 aliphatic carbocycles. The Kier molecular flexibility index (Phi) is 411. The van der Waals surface area contributed by atoms with Gasteiger partial charge in [0.25, 0.3) is 0 Å². The summed E-state index contributed by atoms with van der Waals surface area (Å²) >= 11 is 0. The van der Waals surface area contributed by atoms with Gasteiger partial charge in [-0.3, -0.25) is 0 Å². The quantitative estimate of drug-likeness (QED) is 0.365. The van der Waals surface area contributed by atoms with Gasteiger partial charge >= 0.3 is 236 Å². The first-order valence-corrected chi connectivity index (χ1v) is 0. The molecule has 0 heterocycles. The van der Waals surface area contributed by atoms with Crippen LogP contribution >= 0.6 is 12.4 Å². The summed E-state index contributed by atoms with van der Waals surface area (Å²) in [4.78, 5) is 0. The van der Waals surface area contributed by atoms with Crippen molar-refractivity contribution < 1.29 is 0 Å². The molecule has 0 aliphatic heterocycles. The van der Waals surface area contributed by atoms with E-state index in [2.05, 4.69) is 0 Å². The van der Waals surface area contributed by atoms with Crippen molar-refractivity contribution in [3.63, 3.8) is 0 Å². The van der Waals surface area contributed by atoms with Crippen LogP contribution in [-0.4, -0.2) is 236 Å². The van der Waals surface area contributed by atoms with Crippen molar-refractivity contribution >= 4 is 249 Å². The minimum atomic E-state index is 0. The van der Waals surface area contributed by atoms with Crippen molar-refractivity contribution in [1.29, 1.82) is 0 Å². The van der Waals surface area contributed by atoms with E-state index < -0.39 is 0 Å². The number of halogens is 1. The Morgan fingerprint density at radius 3 is 0.222 bits per heavy atom. The van der Waals surface area contributed by atoms with Gasteiger partial charge < -0.3 is 0 Å². The molecule has 0 nitrogen and oxygen atoms in total. The SMILES string of the molecule is Cl.[NaH].[NaH].[NaH].[NaH].[NaH].[NaH].[NaH].[NaH]. The first-order valence-electron chi connectivity index (χ1n) is 0. The molecule has 0 aliphatic rings. The van der Waals surface area contributed by atoms with Crippen molar-refractivity contribution in [1.82, 2.24) is 0 Å². The summed E-state index contributed by atoms with van der Waals surface area (Å²) in [5.41, 5.74) is 0. The third kappa shape index (κ3) is 48.4. The predicted molar refractivity (Wildman–Crippen MR) is 64.4 cm³/mol. The molecule has 0 fully saturated rings. The number of rotatable bonds is 0. The zero-order chi connectivity index (χ0) is 0. The molecule has 0 aromatic rings. The maximum atomic E-state index is 0. The summed E-state index contributed by atoms with van der Waals surface area (Å²) in [7, 11) is 0. The zero-order valence-corrected chi connectivity index (χ0v) is 1.22. The Labute approximate surface area is 241 Å². The molecule has 0 rings (SSSR count). The van der Waals surface area contributed by atoms with Crippen LogP contribution in [0.25, 0.3) is 0 Å². The second kappa shape index (κ2) is 55.4. The van der Waals surface area contributed by atoms with Crippen molar-refractivity contribution in [2.75, 3.05) is 0 Å².